The van der Waals surface area contributed by atoms with Crippen molar-refractivity contribution in [3.63, 3.8) is 0 Å². The molecule has 1 aromatic carbocycles. The zero-order valence-corrected chi connectivity index (χ0v) is 13.2. The van der Waals surface area contributed by atoms with Gasteiger partial charge >= 0.3 is 16.9 Å². The average Bonchev–Trinajstić information content (AvgIpc) is 3.01. The van der Waals surface area contributed by atoms with E-state index >= 15 is 0 Å². The quantitative estimate of drug-likeness (QED) is 0.484. The minimum atomic E-state index is -1.07. The Morgan fingerprint density at radius 1 is 1.12 bits per heavy atom. The third kappa shape index (κ3) is 3.40. The average molecular weight is 360 g/mol. The molecule has 0 atom stereocenters. The number of hydrogen-bond donors (Lipinski definition) is 3. The molecule has 0 saturated carbocycles. The van der Waals surface area contributed by atoms with Crippen molar-refractivity contribution in [2.45, 2.75) is 0 Å². The van der Waals surface area contributed by atoms with Gasteiger partial charge in [0.15, 0.2) is 0 Å². The minimum Gasteiger partial charge on any atom is -0.301 e. The van der Waals surface area contributed by atoms with Crippen LogP contribution in [-0.2, 0) is 0 Å². The van der Waals surface area contributed by atoms with E-state index in [1.807, 2.05) is 4.98 Å². The molecule has 25 heavy (non-hydrogen) atoms. The van der Waals surface area contributed by atoms with Gasteiger partial charge in [0.2, 0.25) is 0 Å². The van der Waals surface area contributed by atoms with Crippen molar-refractivity contribution in [1.82, 2.24) is 20.2 Å². The Morgan fingerprint density at radius 3 is 2.52 bits per heavy atom. The van der Waals surface area contributed by atoms with Gasteiger partial charge in [0.05, 0.1) is 16.8 Å². The number of nitrogens with zero attached hydrogens (tertiary/aromatic N) is 2. The van der Waals surface area contributed by atoms with E-state index in [9.17, 15) is 19.7 Å². The molecule has 2 aromatic heterocycles. The summed E-state index contributed by atoms with van der Waals surface area (Å²) in [6, 6.07) is 6.99. The summed E-state index contributed by atoms with van der Waals surface area (Å²) in [4.78, 5) is 37.2. The maximum absolute atomic E-state index is 11.6. The highest BCUT2D eigenvalue weighted by atomic mass is 35.5. The van der Waals surface area contributed by atoms with E-state index in [0.717, 1.165) is 5.56 Å². The monoisotopic (exact) mass is 359 g/mol. The van der Waals surface area contributed by atoms with Crippen molar-refractivity contribution in [2.24, 2.45) is 0 Å². The summed E-state index contributed by atoms with van der Waals surface area (Å²) < 4.78 is 0. The van der Waals surface area contributed by atoms with Crippen LogP contribution in [0.5, 0.6) is 0 Å². The van der Waals surface area contributed by atoms with Gasteiger partial charge < -0.3 is 4.98 Å². The van der Waals surface area contributed by atoms with E-state index in [1.165, 1.54) is 18.3 Å². The summed E-state index contributed by atoms with van der Waals surface area (Å²) in [6.45, 7) is 0. The Morgan fingerprint density at radius 2 is 1.84 bits per heavy atom. The SMILES string of the molecule is O=c1[nH]c(C=Cc2cn[nH]c2-c2ccc(Cl)cc2)c([N+](=O)[O-])c(=O)[nH]1. The van der Waals surface area contributed by atoms with Crippen LogP contribution in [0.3, 0.4) is 0 Å². The van der Waals surface area contributed by atoms with Gasteiger partial charge in [0, 0.05) is 16.1 Å². The molecule has 126 valence electrons. The first-order chi connectivity index (χ1) is 12.0. The third-order valence-electron chi connectivity index (χ3n) is 3.36. The highest BCUT2D eigenvalue weighted by molar-refractivity contribution is 6.30. The van der Waals surface area contributed by atoms with E-state index in [1.54, 1.807) is 24.3 Å². The first-order valence-corrected chi connectivity index (χ1v) is 7.32. The van der Waals surface area contributed by atoms with Crippen molar-refractivity contribution >= 4 is 29.4 Å². The number of rotatable bonds is 4. The van der Waals surface area contributed by atoms with Gasteiger partial charge in [0.1, 0.15) is 5.69 Å². The lowest BCUT2D eigenvalue weighted by atomic mass is 10.1. The predicted octanol–water partition coefficient (Wildman–Crippen LogP) is 2.19. The van der Waals surface area contributed by atoms with Crippen molar-refractivity contribution in [1.29, 1.82) is 0 Å². The summed E-state index contributed by atoms with van der Waals surface area (Å²) in [7, 11) is 0. The molecule has 0 spiro atoms. The number of benzene rings is 1. The minimum absolute atomic E-state index is 0.206. The lowest BCUT2D eigenvalue weighted by Crippen LogP contribution is -2.25. The Balaban J connectivity index is 2.04. The number of nitrogens with one attached hydrogen (secondary N) is 3. The molecule has 0 amide bonds. The van der Waals surface area contributed by atoms with E-state index in [4.69, 9.17) is 11.6 Å². The van der Waals surface area contributed by atoms with Crippen molar-refractivity contribution in [3.05, 3.63) is 77.7 Å². The molecule has 0 unspecified atom stereocenters. The molecule has 0 fully saturated rings. The van der Waals surface area contributed by atoms with Crippen molar-refractivity contribution in [3.8, 4) is 11.3 Å². The lowest BCUT2D eigenvalue weighted by molar-refractivity contribution is -0.386. The molecule has 0 aliphatic carbocycles. The number of aromatic nitrogens is 4. The molecular weight excluding hydrogens is 350 g/mol. The normalized spacial score (nSPS) is 11.1. The van der Waals surface area contributed by atoms with Gasteiger partial charge in [-0.2, -0.15) is 5.10 Å². The lowest BCUT2D eigenvalue weighted by Gasteiger charge is -2.00. The van der Waals surface area contributed by atoms with Crippen molar-refractivity contribution in [2.75, 3.05) is 0 Å². The molecule has 3 rings (SSSR count). The summed E-state index contributed by atoms with van der Waals surface area (Å²) in [5, 5.41) is 18.4. The summed E-state index contributed by atoms with van der Waals surface area (Å²) in [5.41, 5.74) is -0.788. The molecule has 0 aliphatic heterocycles. The fraction of sp³-hybridized carbons (Fsp3) is 0. The van der Waals surface area contributed by atoms with Crippen LogP contribution in [0.25, 0.3) is 23.4 Å². The van der Waals surface area contributed by atoms with Gasteiger partial charge in [-0.15, -0.1) is 0 Å². The van der Waals surface area contributed by atoms with Crippen LogP contribution in [0.2, 0.25) is 5.02 Å². The number of aromatic amines is 3. The van der Waals surface area contributed by atoms with Crippen molar-refractivity contribution < 1.29 is 4.92 Å². The first kappa shape index (κ1) is 16.4. The molecule has 2 heterocycles. The summed E-state index contributed by atoms with van der Waals surface area (Å²) in [5.74, 6) is 0. The molecule has 10 heteroatoms. The number of hydrogen-bond acceptors (Lipinski definition) is 5. The van der Waals surface area contributed by atoms with Crippen LogP contribution < -0.4 is 11.2 Å². The van der Waals surface area contributed by atoms with Gasteiger partial charge in [-0.1, -0.05) is 23.7 Å². The molecular formula is C15H10ClN5O4. The van der Waals surface area contributed by atoms with Crippen LogP contribution in [0, 0.1) is 10.1 Å². The Labute approximate surface area is 144 Å². The standard InChI is InChI=1S/C15H10ClN5O4/c16-10-4-1-8(2-5-10)12-9(7-17-20-12)3-6-11-13(21(24)25)14(22)19-15(23)18-11/h1-7H,(H,17,20)(H2,18,19,22,23). The molecule has 9 nitrogen and oxygen atoms in total. The second-order valence-corrected chi connectivity index (χ2v) is 5.40. The fourth-order valence-corrected chi connectivity index (χ4v) is 2.37. The maximum atomic E-state index is 11.6. The molecule has 0 saturated heterocycles. The highest BCUT2D eigenvalue weighted by Crippen LogP contribution is 2.24. The molecule has 0 radical (unpaired) electrons. The Kier molecular flexibility index (Phi) is 4.31. The van der Waals surface area contributed by atoms with Gasteiger partial charge in [-0.05, 0) is 24.3 Å². The second kappa shape index (κ2) is 6.57. The topological polar surface area (TPSA) is 138 Å². The van der Waals surface area contributed by atoms with E-state index in [-0.39, 0.29) is 5.69 Å². The fourth-order valence-electron chi connectivity index (χ4n) is 2.24. The molecule has 3 N–H and O–H groups in total. The van der Waals surface area contributed by atoms with E-state index < -0.39 is 21.9 Å². The first-order valence-electron chi connectivity index (χ1n) is 6.94. The Bertz CT molecular complexity index is 1080. The zero-order valence-electron chi connectivity index (χ0n) is 12.4. The zero-order chi connectivity index (χ0) is 18.0. The number of H-pyrrole nitrogens is 3. The highest BCUT2D eigenvalue weighted by Gasteiger charge is 2.19. The summed E-state index contributed by atoms with van der Waals surface area (Å²) >= 11 is 5.86. The van der Waals surface area contributed by atoms with Crippen LogP contribution in [-0.4, -0.2) is 25.1 Å². The van der Waals surface area contributed by atoms with Crippen LogP contribution in [0.4, 0.5) is 5.69 Å². The van der Waals surface area contributed by atoms with Gasteiger partial charge in [-0.3, -0.25) is 25.0 Å². The van der Waals surface area contributed by atoms with E-state index in [0.29, 0.717) is 16.3 Å². The second-order valence-electron chi connectivity index (χ2n) is 4.97. The van der Waals surface area contributed by atoms with Crippen LogP contribution >= 0.6 is 11.6 Å². The predicted molar refractivity (Wildman–Crippen MR) is 92.3 cm³/mol. The van der Waals surface area contributed by atoms with E-state index in [2.05, 4.69) is 15.2 Å². The largest absolute Gasteiger partial charge is 0.357 e. The molecule has 0 bridgehead atoms. The molecule has 0 aliphatic rings. The Hall–Kier alpha value is -3.46. The van der Waals surface area contributed by atoms with Gasteiger partial charge in [-0.25, -0.2) is 4.79 Å². The molecule has 3 aromatic rings. The van der Waals surface area contributed by atoms with Crippen LogP contribution in [0.1, 0.15) is 11.3 Å². The maximum Gasteiger partial charge on any atom is 0.357 e. The van der Waals surface area contributed by atoms with Crippen LogP contribution in [0.15, 0.2) is 40.1 Å². The smallest absolute Gasteiger partial charge is 0.301 e. The number of nitro groups is 1. The van der Waals surface area contributed by atoms with Gasteiger partial charge in [0.25, 0.3) is 0 Å². The third-order valence-corrected chi connectivity index (χ3v) is 3.61. The summed E-state index contributed by atoms with van der Waals surface area (Å²) in [6.07, 6.45) is 4.29. The number of halogens is 1.